The highest BCUT2D eigenvalue weighted by molar-refractivity contribution is 7.22. The lowest BCUT2D eigenvalue weighted by molar-refractivity contribution is -0.114. The Hall–Kier alpha value is -2.16. The molecule has 4 rings (SSSR count). The van der Waals surface area contributed by atoms with Crippen molar-refractivity contribution >= 4 is 50.0 Å². The fraction of sp³-hybridized carbons (Fsp3) is 0.263. The average Bonchev–Trinajstić information content (AvgIpc) is 3.38. The zero-order valence-corrected chi connectivity index (χ0v) is 15.9. The van der Waals surface area contributed by atoms with E-state index in [0.717, 1.165) is 35.1 Å². The van der Waals surface area contributed by atoms with Crippen LogP contribution in [0.1, 0.15) is 17.7 Å². The second kappa shape index (κ2) is 7.84. The summed E-state index contributed by atoms with van der Waals surface area (Å²) in [7, 11) is 0. The Labute approximate surface area is 162 Å². The van der Waals surface area contributed by atoms with Crippen LogP contribution in [0.5, 0.6) is 0 Å². The Morgan fingerprint density at radius 2 is 2.30 bits per heavy atom. The molecule has 140 valence electrons. The highest BCUT2D eigenvalue weighted by Crippen LogP contribution is 2.32. The topological polar surface area (TPSA) is 42.4 Å². The Balaban J connectivity index is 1.66. The molecule has 8 heteroatoms. The summed E-state index contributed by atoms with van der Waals surface area (Å²) in [5.74, 6) is -1.66. The number of benzene rings is 1. The number of carbonyl (C=O) groups excluding carboxylic acids is 1. The number of fused-ring (bicyclic) bond motifs is 1. The van der Waals surface area contributed by atoms with Gasteiger partial charge in [-0.25, -0.2) is 13.8 Å². The number of halogens is 2. The lowest BCUT2D eigenvalue weighted by Crippen LogP contribution is -2.36. The van der Waals surface area contributed by atoms with Gasteiger partial charge in [-0.15, -0.1) is 11.3 Å². The maximum absolute atomic E-state index is 14.0. The molecule has 1 unspecified atom stereocenters. The zero-order valence-electron chi connectivity index (χ0n) is 14.2. The first kappa shape index (κ1) is 18.2. The predicted molar refractivity (Wildman–Crippen MR) is 104 cm³/mol. The molecule has 0 aliphatic carbocycles. The zero-order chi connectivity index (χ0) is 18.8. The van der Waals surface area contributed by atoms with Crippen molar-refractivity contribution in [2.45, 2.75) is 18.9 Å². The molecule has 0 radical (unpaired) electrons. The van der Waals surface area contributed by atoms with E-state index >= 15 is 0 Å². The minimum atomic E-state index is -0.730. The third-order valence-corrected chi connectivity index (χ3v) is 6.11. The number of anilines is 1. The molecular weight excluding hydrogens is 390 g/mol. The maximum Gasteiger partial charge on any atom is 0.252 e. The Morgan fingerprint density at radius 3 is 3.04 bits per heavy atom. The van der Waals surface area contributed by atoms with Crippen molar-refractivity contribution in [1.29, 1.82) is 0 Å². The molecule has 0 spiro atoms. The van der Waals surface area contributed by atoms with E-state index in [4.69, 9.17) is 4.74 Å². The first-order valence-electron chi connectivity index (χ1n) is 8.50. The van der Waals surface area contributed by atoms with Gasteiger partial charge in [0.2, 0.25) is 0 Å². The normalized spacial score (nSPS) is 17.2. The van der Waals surface area contributed by atoms with E-state index in [1.807, 2.05) is 17.5 Å². The first-order chi connectivity index (χ1) is 13.1. The van der Waals surface area contributed by atoms with Crippen molar-refractivity contribution in [1.82, 2.24) is 4.98 Å². The van der Waals surface area contributed by atoms with Crippen molar-refractivity contribution in [3.05, 3.63) is 52.2 Å². The van der Waals surface area contributed by atoms with Gasteiger partial charge in [0, 0.05) is 23.6 Å². The first-order valence-corrected chi connectivity index (χ1v) is 10.2. The third-order valence-electron chi connectivity index (χ3n) is 4.24. The summed E-state index contributed by atoms with van der Waals surface area (Å²) in [4.78, 5) is 19.5. The second-order valence-corrected chi connectivity index (χ2v) is 8.15. The van der Waals surface area contributed by atoms with Crippen LogP contribution in [0.4, 0.5) is 13.9 Å². The van der Waals surface area contributed by atoms with E-state index in [9.17, 15) is 13.6 Å². The number of thiophene rings is 1. The van der Waals surface area contributed by atoms with Crippen LogP contribution >= 0.6 is 22.7 Å². The van der Waals surface area contributed by atoms with Gasteiger partial charge >= 0.3 is 0 Å². The molecule has 27 heavy (non-hydrogen) atoms. The van der Waals surface area contributed by atoms with E-state index in [1.165, 1.54) is 28.4 Å². The van der Waals surface area contributed by atoms with Gasteiger partial charge < -0.3 is 4.74 Å². The number of amides is 1. The molecule has 0 bridgehead atoms. The van der Waals surface area contributed by atoms with Gasteiger partial charge in [-0.2, -0.15) is 0 Å². The van der Waals surface area contributed by atoms with E-state index in [1.54, 1.807) is 6.08 Å². The summed E-state index contributed by atoms with van der Waals surface area (Å²) in [6.45, 7) is 0.995. The molecule has 1 aromatic carbocycles. The molecule has 3 aromatic rings. The highest BCUT2D eigenvalue weighted by Gasteiger charge is 2.25. The molecule has 1 fully saturated rings. The third kappa shape index (κ3) is 4.07. The van der Waals surface area contributed by atoms with E-state index < -0.39 is 11.6 Å². The molecule has 0 saturated carbocycles. The molecule has 1 aliphatic rings. The van der Waals surface area contributed by atoms with Gasteiger partial charge in [0.15, 0.2) is 10.9 Å². The van der Waals surface area contributed by atoms with Crippen LogP contribution in [0.3, 0.4) is 0 Å². The minimum Gasteiger partial charge on any atom is -0.376 e. The van der Waals surface area contributed by atoms with E-state index in [2.05, 4.69) is 4.98 Å². The van der Waals surface area contributed by atoms with Crippen molar-refractivity contribution in [2.24, 2.45) is 0 Å². The van der Waals surface area contributed by atoms with E-state index in [0.29, 0.717) is 23.0 Å². The SMILES string of the molecule is O=C(/C=C/c1cccs1)N(CC1CCCO1)c1nc2c(F)cc(F)cc2s1. The van der Waals surface area contributed by atoms with Crippen LogP contribution in [0.15, 0.2) is 35.7 Å². The number of carbonyl (C=O) groups is 1. The quantitative estimate of drug-likeness (QED) is 0.568. The molecular formula is C19H16F2N2O2S2. The number of thiazole rings is 1. The summed E-state index contributed by atoms with van der Waals surface area (Å²) in [6.07, 6.45) is 4.93. The number of aromatic nitrogens is 1. The summed E-state index contributed by atoms with van der Waals surface area (Å²) in [6, 6.07) is 5.85. The van der Waals surface area contributed by atoms with Crippen LogP contribution in [0, 0.1) is 11.6 Å². The van der Waals surface area contributed by atoms with Crippen molar-refractivity contribution in [3.8, 4) is 0 Å². The van der Waals surface area contributed by atoms with Crippen molar-refractivity contribution in [3.63, 3.8) is 0 Å². The van der Waals surface area contributed by atoms with Crippen LogP contribution in [-0.2, 0) is 9.53 Å². The van der Waals surface area contributed by atoms with E-state index in [-0.39, 0.29) is 17.5 Å². The molecule has 0 N–H and O–H groups in total. The molecule has 3 heterocycles. The van der Waals surface area contributed by atoms with Crippen LogP contribution < -0.4 is 4.90 Å². The van der Waals surface area contributed by atoms with Crippen molar-refractivity contribution < 1.29 is 18.3 Å². The highest BCUT2D eigenvalue weighted by atomic mass is 32.1. The average molecular weight is 406 g/mol. The number of ether oxygens (including phenoxy) is 1. The van der Waals surface area contributed by atoms with Crippen LogP contribution in [-0.4, -0.2) is 30.1 Å². The fourth-order valence-electron chi connectivity index (χ4n) is 2.94. The van der Waals surface area contributed by atoms with Gasteiger partial charge in [-0.3, -0.25) is 9.69 Å². The molecule has 4 nitrogen and oxygen atoms in total. The monoisotopic (exact) mass is 406 g/mol. The molecule has 1 atom stereocenters. The number of nitrogens with zero attached hydrogens (tertiary/aromatic N) is 2. The Bertz CT molecular complexity index is 979. The smallest absolute Gasteiger partial charge is 0.252 e. The maximum atomic E-state index is 14.0. The van der Waals surface area contributed by atoms with Gasteiger partial charge in [0.1, 0.15) is 11.3 Å². The van der Waals surface area contributed by atoms with Gasteiger partial charge in [0.05, 0.1) is 17.3 Å². The molecule has 1 saturated heterocycles. The lowest BCUT2D eigenvalue weighted by atomic mass is 10.2. The predicted octanol–water partition coefficient (Wildman–Crippen LogP) is 4.86. The molecule has 1 amide bonds. The second-order valence-electron chi connectivity index (χ2n) is 6.16. The van der Waals surface area contributed by atoms with Gasteiger partial charge in [-0.05, 0) is 36.4 Å². The van der Waals surface area contributed by atoms with Crippen molar-refractivity contribution in [2.75, 3.05) is 18.1 Å². The summed E-state index contributed by atoms with van der Waals surface area (Å²) >= 11 is 2.62. The van der Waals surface area contributed by atoms with Gasteiger partial charge in [0.25, 0.3) is 5.91 Å². The number of hydrogen-bond acceptors (Lipinski definition) is 5. The van der Waals surface area contributed by atoms with Gasteiger partial charge in [-0.1, -0.05) is 17.4 Å². The Morgan fingerprint density at radius 1 is 1.41 bits per heavy atom. The summed E-state index contributed by atoms with van der Waals surface area (Å²) in [5.41, 5.74) is 0.0729. The van der Waals surface area contributed by atoms with Crippen LogP contribution in [0.25, 0.3) is 16.3 Å². The largest absolute Gasteiger partial charge is 0.376 e. The number of hydrogen-bond donors (Lipinski definition) is 0. The molecule has 2 aromatic heterocycles. The molecule has 1 aliphatic heterocycles. The fourth-order valence-corrected chi connectivity index (χ4v) is 4.58. The van der Waals surface area contributed by atoms with Crippen LogP contribution in [0.2, 0.25) is 0 Å². The summed E-state index contributed by atoms with van der Waals surface area (Å²) < 4.78 is 33.5. The number of rotatable bonds is 5. The summed E-state index contributed by atoms with van der Waals surface area (Å²) in [5, 5.41) is 2.27. The lowest BCUT2D eigenvalue weighted by Gasteiger charge is -2.21. The Kier molecular flexibility index (Phi) is 5.29. The standard InChI is InChI=1S/C19H16F2N2O2S2/c20-12-9-15(21)18-16(10-12)27-19(22-18)23(11-13-3-1-7-25-13)17(24)6-5-14-4-2-8-26-14/h2,4-6,8-10,13H,1,3,7,11H2/b6-5+. The minimum absolute atomic E-state index is 0.0729.